The number of amides is 1. The number of fused-ring (bicyclic) bond motifs is 1. The number of aryl methyl sites for hydroxylation is 1. The van der Waals surface area contributed by atoms with E-state index in [0.717, 1.165) is 48.8 Å². The molecule has 162 valence electrons. The predicted molar refractivity (Wildman–Crippen MR) is 124 cm³/mol. The Balaban J connectivity index is 1.55. The van der Waals surface area contributed by atoms with Crippen LogP contribution in [-0.2, 0) is 6.54 Å². The number of aromatic nitrogens is 2. The molecule has 0 unspecified atom stereocenters. The zero-order valence-corrected chi connectivity index (χ0v) is 18.1. The Kier molecular flexibility index (Phi) is 5.35. The number of carbonyl (C=O) groups excluding carboxylic acids is 1. The Morgan fingerprint density at radius 1 is 1.00 bits per heavy atom. The Labute approximate surface area is 186 Å². The Hall–Kier alpha value is -3.67. The van der Waals surface area contributed by atoms with E-state index >= 15 is 0 Å². The Morgan fingerprint density at radius 3 is 2.50 bits per heavy atom. The minimum Gasteiger partial charge on any atom is -0.441 e. The van der Waals surface area contributed by atoms with Crippen molar-refractivity contribution >= 4 is 16.8 Å². The normalized spacial score (nSPS) is 14.1. The van der Waals surface area contributed by atoms with Crippen LogP contribution in [-0.4, -0.2) is 33.4 Å². The first-order valence-corrected chi connectivity index (χ1v) is 11.1. The van der Waals surface area contributed by atoms with Gasteiger partial charge in [0.25, 0.3) is 11.5 Å². The van der Waals surface area contributed by atoms with E-state index in [1.54, 1.807) is 4.57 Å². The molecule has 0 bridgehead atoms. The van der Waals surface area contributed by atoms with Crippen molar-refractivity contribution in [2.45, 2.75) is 32.7 Å². The number of hydrogen-bond donors (Lipinski definition) is 0. The highest BCUT2D eigenvalue weighted by Gasteiger charge is 2.22. The highest BCUT2D eigenvalue weighted by Crippen LogP contribution is 2.24. The van der Waals surface area contributed by atoms with Crippen molar-refractivity contribution in [3.05, 3.63) is 88.0 Å². The number of nitrogens with zero attached hydrogens (tertiary/aromatic N) is 3. The topological polar surface area (TPSA) is 68.3 Å². The highest BCUT2D eigenvalue weighted by atomic mass is 16.4. The van der Waals surface area contributed by atoms with Gasteiger partial charge in [-0.3, -0.25) is 9.59 Å². The van der Waals surface area contributed by atoms with Crippen LogP contribution in [0.2, 0.25) is 0 Å². The van der Waals surface area contributed by atoms with E-state index in [4.69, 9.17) is 4.42 Å². The quantitative estimate of drug-likeness (QED) is 0.476. The number of benzene rings is 2. The lowest BCUT2D eigenvalue weighted by Crippen LogP contribution is -2.36. The SMILES string of the molecule is Cc1oc(-c2ccccc2)nc1Cn1c(=O)cc(C(=O)N2CCCCC2)c2ccccc21. The van der Waals surface area contributed by atoms with Gasteiger partial charge in [-0.1, -0.05) is 36.4 Å². The van der Waals surface area contributed by atoms with Gasteiger partial charge in [0.05, 0.1) is 17.6 Å². The summed E-state index contributed by atoms with van der Waals surface area (Å²) in [5.74, 6) is 1.15. The molecule has 0 spiro atoms. The molecular weight excluding hydrogens is 402 g/mol. The molecule has 2 aromatic carbocycles. The molecule has 0 aliphatic carbocycles. The molecule has 1 aliphatic heterocycles. The average Bonchev–Trinajstić information content (AvgIpc) is 3.21. The van der Waals surface area contributed by atoms with E-state index < -0.39 is 0 Å². The van der Waals surface area contributed by atoms with E-state index in [1.807, 2.05) is 66.4 Å². The van der Waals surface area contributed by atoms with Gasteiger partial charge in [-0.25, -0.2) is 4.98 Å². The lowest BCUT2D eigenvalue weighted by molar-refractivity contribution is 0.0726. The summed E-state index contributed by atoms with van der Waals surface area (Å²) in [6.45, 7) is 3.63. The molecule has 0 radical (unpaired) electrons. The zero-order chi connectivity index (χ0) is 22.1. The fourth-order valence-electron chi connectivity index (χ4n) is 4.37. The van der Waals surface area contributed by atoms with Gasteiger partial charge < -0.3 is 13.9 Å². The summed E-state index contributed by atoms with van der Waals surface area (Å²) >= 11 is 0. The fourth-order valence-corrected chi connectivity index (χ4v) is 4.37. The molecule has 1 fully saturated rings. The third-order valence-electron chi connectivity index (χ3n) is 6.11. The summed E-state index contributed by atoms with van der Waals surface area (Å²) in [4.78, 5) is 32.9. The molecule has 1 aliphatic rings. The Bertz CT molecular complexity index is 1330. The van der Waals surface area contributed by atoms with Gasteiger partial charge in [-0.15, -0.1) is 0 Å². The smallest absolute Gasteiger partial charge is 0.254 e. The van der Waals surface area contributed by atoms with Crippen molar-refractivity contribution in [1.29, 1.82) is 0 Å². The number of carbonyl (C=O) groups is 1. The molecule has 4 aromatic rings. The summed E-state index contributed by atoms with van der Waals surface area (Å²) < 4.78 is 7.55. The van der Waals surface area contributed by atoms with Gasteiger partial charge in [0.1, 0.15) is 11.5 Å². The standard InChI is InChI=1S/C26H25N3O3/c1-18-22(27-25(32-18)19-10-4-2-5-11-19)17-29-23-13-7-6-12-20(23)21(16-24(29)30)26(31)28-14-8-3-9-15-28/h2,4-7,10-13,16H,3,8-9,14-15,17H2,1H3. The van der Waals surface area contributed by atoms with Crippen LogP contribution in [0.1, 0.15) is 41.1 Å². The van der Waals surface area contributed by atoms with Gasteiger partial charge in [-0.2, -0.15) is 0 Å². The molecule has 6 heteroatoms. The minimum atomic E-state index is -0.215. The number of oxazole rings is 1. The summed E-state index contributed by atoms with van der Waals surface area (Å²) in [6.07, 6.45) is 3.17. The van der Waals surface area contributed by atoms with Crippen LogP contribution in [0.4, 0.5) is 0 Å². The largest absolute Gasteiger partial charge is 0.441 e. The lowest BCUT2D eigenvalue weighted by atomic mass is 10.0. The van der Waals surface area contributed by atoms with E-state index in [0.29, 0.717) is 22.9 Å². The van der Waals surface area contributed by atoms with E-state index in [2.05, 4.69) is 4.98 Å². The van der Waals surface area contributed by atoms with Crippen molar-refractivity contribution in [2.75, 3.05) is 13.1 Å². The summed E-state index contributed by atoms with van der Waals surface area (Å²) in [5, 5.41) is 0.784. The maximum Gasteiger partial charge on any atom is 0.254 e. The number of pyridine rings is 1. The molecular formula is C26H25N3O3. The maximum absolute atomic E-state index is 13.2. The van der Waals surface area contributed by atoms with E-state index in [-0.39, 0.29) is 18.0 Å². The molecule has 0 N–H and O–H groups in total. The molecule has 0 atom stereocenters. The van der Waals surface area contributed by atoms with Gasteiger partial charge in [0, 0.05) is 30.1 Å². The van der Waals surface area contributed by atoms with Gasteiger partial charge >= 0.3 is 0 Å². The minimum absolute atomic E-state index is 0.0610. The summed E-state index contributed by atoms with van der Waals surface area (Å²) in [5.41, 5.74) is 2.58. The van der Waals surface area contributed by atoms with Crippen molar-refractivity contribution in [2.24, 2.45) is 0 Å². The number of hydrogen-bond acceptors (Lipinski definition) is 4. The van der Waals surface area contributed by atoms with Gasteiger partial charge in [0.2, 0.25) is 5.89 Å². The van der Waals surface area contributed by atoms with Crippen LogP contribution in [0.25, 0.3) is 22.4 Å². The van der Waals surface area contributed by atoms with Crippen molar-refractivity contribution in [3.8, 4) is 11.5 Å². The highest BCUT2D eigenvalue weighted by molar-refractivity contribution is 6.06. The molecule has 3 heterocycles. The molecule has 2 aromatic heterocycles. The van der Waals surface area contributed by atoms with E-state index in [1.165, 1.54) is 6.07 Å². The molecule has 0 saturated carbocycles. The lowest BCUT2D eigenvalue weighted by Gasteiger charge is -2.27. The first-order valence-electron chi connectivity index (χ1n) is 11.1. The Morgan fingerprint density at radius 2 is 1.72 bits per heavy atom. The van der Waals surface area contributed by atoms with Crippen LogP contribution < -0.4 is 5.56 Å². The van der Waals surface area contributed by atoms with Crippen LogP contribution >= 0.6 is 0 Å². The number of para-hydroxylation sites is 1. The van der Waals surface area contributed by atoms with Gasteiger partial charge in [0.15, 0.2) is 0 Å². The summed E-state index contributed by atoms with van der Waals surface area (Å²) in [6, 6.07) is 18.8. The first kappa shape index (κ1) is 20.2. The van der Waals surface area contributed by atoms with Crippen molar-refractivity contribution in [3.63, 3.8) is 0 Å². The third kappa shape index (κ3) is 3.73. The predicted octanol–water partition coefficient (Wildman–Crippen LogP) is 4.64. The molecule has 1 amide bonds. The fraction of sp³-hybridized carbons (Fsp3) is 0.269. The first-order chi connectivity index (χ1) is 15.6. The monoisotopic (exact) mass is 427 g/mol. The van der Waals surface area contributed by atoms with Crippen LogP contribution in [0.15, 0.2) is 69.9 Å². The second-order valence-corrected chi connectivity index (χ2v) is 8.24. The third-order valence-corrected chi connectivity index (χ3v) is 6.11. The van der Waals surface area contributed by atoms with Crippen LogP contribution in [0, 0.1) is 6.92 Å². The van der Waals surface area contributed by atoms with Crippen LogP contribution in [0.5, 0.6) is 0 Å². The second-order valence-electron chi connectivity index (χ2n) is 8.24. The van der Waals surface area contributed by atoms with Crippen molar-refractivity contribution < 1.29 is 9.21 Å². The van der Waals surface area contributed by atoms with E-state index in [9.17, 15) is 9.59 Å². The molecule has 5 rings (SSSR count). The van der Waals surface area contributed by atoms with Crippen molar-refractivity contribution in [1.82, 2.24) is 14.5 Å². The molecule has 1 saturated heterocycles. The number of piperidine rings is 1. The second kappa shape index (κ2) is 8.46. The van der Waals surface area contributed by atoms with Crippen LogP contribution in [0.3, 0.4) is 0 Å². The summed E-state index contributed by atoms with van der Waals surface area (Å²) in [7, 11) is 0. The maximum atomic E-state index is 13.2. The molecule has 6 nitrogen and oxygen atoms in total. The van der Waals surface area contributed by atoms with Gasteiger partial charge in [-0.05, 0) is 44.4 Å². The number of rotatable bonds is 4. The average molecular weight is 428 g/mol. The molecule has 32 heavy (non-hydrogen) atoms. The zero-order valence-electron chi connectivity index (χ0n) is 18.1. The number of likely N-dealkylation sites (tertiary alicyclic amines) is 1.